The molecule has 0 bridgehead atoms. The highest BCUT2D eigenvalue weighted by atomic mass is 19.3. The number of carbonyl (C=O) groups excluding carboxylic acids is 1. The number of rotatable bonds is 6. The summed E-state index contributed by atoms with van der Waals surface area (Å²) in [7, 11) is 1.37. The van der Waals surface area contributed by atoms with Crippen molar-refractivity contribution >= 4 is 12.0 Å². The topological polar surface area (TPSA) is 47.6 Å². The minimum Gasteiger partial charge on any atom is -0.493 e. The Kier molecular flexibility index (Phi) is 6.79. The van der Waals surface area contributed by atoms with Crippen LogP contribution >= 0.6 is 0 Å². The molecule has 0 aromatic heterocycles. The van der Waals surface area contributed by atoms with Crippen LogP contribution in [-0.4, -0.2) is 25.7 Å². The highest BCUT2D eigenvalue weighted by molar-refractivity contribution is 5.92. The van der Waals surface area contributed by atoms with E-state index in [1.807, 2.05) is 0 Å². The van der Waals surface area contributed by atoms with Gasteiger partial charge in [-0.1, -0.05) is 38.8 Å². The van der Waals surface area contributed by atoms with Crippen molar-refractivity contribution in [3.63, 3.8) is 0 Å². The first-order valence-corrected chi connectivity index (χ1v) is 8.52. The first kappa shape index (κ1) is 19.2. The Labute approximate surface area is 147 Å². The smallest absolute Gasteiger partial charge is 0.387 e. The van der Waals surface area contributed by atoms with Crippen molar-refractivity contribution in [2.75, 3.05) is 7.11 Å². The molecule has 4 nitrogen and oxygen atoms in total. The van der Waals surface area contributed by atoms with Crippen LogP contribution in [0.2, 0.25) is 0 Å². The molecule has 0 saturated heterocycles. The Bertz CT molecular complexity index is 619. The van der Waals surface area contributed by atoms with Crippen LogP contribution in [0.3, 0.4) is 0 Å². The lowest BCUT2D eigenvalue weighted by Gasteiger charge is -2.34. The third-order valence-electron chi connectivity index (χ3n) is 4.88. The Morgan fingerprint density at radius 1 is 1.32 bits per heavy atom. The standard InChI is InChI=1S/C19H25F2NO3/c1-12-6-4-8-15(13(12)2)22-17(23)11-10-14-7-5-9-16(24-3)18(14)25-19(20)21/h5,7,9-13,15,19H,4,6,8H2,1-3H3,(H,22,23)/b11-10+/t12-,13-,15-/m0/s1. The van der Waals surface area contributed by atoms with Gasteiger partial charge in [0.25, 0.3) is 0 Å². The molecule has 1 saturated carbocycles. The molecule has 1 aliphatic rings. The lowest BCUT2D eigenvalue weighted by atomic mass is 9.78. The number of para-hydroxylation sites is 1. The summed E-state index contributed by atoms with van der Waals surface area (Å²) in [4.78, 5) is 12.2. The van der Waals surface area contributed by atoms with Gasteiger partial charge in [-0.05, 0) is 30.4 Å². The second-order valence-corrected chi connectivity index (χ2v) is 6.47. The monoisotopic (exact) mass is 353 g/mol. The zero-order valence-corrected chi connectivity index (χ0v) is 14.8. The number of benzene rings is 1. The number of nitrogens with one attached hydrogen (secondary N) is 1. The third kappa shape index (κ3) is 5.18. The molecule has 0 heterocycles. The van der Waals surface area contributed by atoms with Crippen molar-refractivity contribution in [1.29, 1.82) is 0 Å². The second-order valence-electron chi connectivity index (χ2n) is 6.47. The average molecular weight is 353 g/mol. The van der Waals surface area contributed by atoms with Crippen LogP contribution in [-0.2, 0) is 4.79 Å². The van der Waals surface area contributed by atoms with Crippen LogP contribution in [0.4, 0.5) is 8.78 Å². The van der Waals surface area contributed by atoms with Gasteiger partial charge >= 0.3 is 6.61 Å². The van der Waals surface area contributed by atoms with Gasteiger partial charge in [-0.3, -0.25) is 4.79 Å². The van der Waals surface area contributed by atoms with E-state index in [1.54, 1.807) is 12.1 Å². The van der Waals surface area contributed by atoms with Gasteiger partial charge in [-0.15, -0.1) is 0 Å². The summed E-state index contributed by atoms with van der Waals surface area (Å²) in [5, 5.41) is 3.01. The Morgan fingerprint density at radius 3 is 2.76 bits per heavy atom. The van der Waals surface area contributed by atoms with Crippen LogP contribution in [0.5, 0.6) is 11.5 Å². The van der Waals surface area contributed by atoms with Crippen molar-refractivity contribution in [2.24, 2.45) is 11.8 Å². The zero-order valence-electron chi connectivity index (χ0n) is 14.8. The Hall–Kier alpha value is -2.11. The van der Waals surface area contributed by atoms with Gasteiger partial charge in [0.2, 0.25) is 5.91 Å². The summed E-state index contributed by atoms with van der Waals surface area (Å²) < 4.78 is 34.8. The molecular formula is C19H25F2NO3. The van der Waals surface area contributed by atoms with Crippen molar-refractivity contribution < 1.29 is 23.0 Å². The van der Waals surface area contributed by atoms with E-state index >= 15 is 0 Å². The molecule has 1 amide bonds. The molecule has 1 N–H and O–H groups in total. The number of alkyl halides is 2. The summed E-state index contributed by atoms with van der Waals surface area (Å²) in [5.74, 6) is 0.867. The van der Waals surface area contributed by atoms with E-state index in [9.17, 15) is 13.6 Å². The summed E-state index contributed by atoms with van der Waals surface area (Å²) in [6.45, 7) is 1.37. The molecule has 1 fully saturated rings. The molecule has 0 spiro atoms. The minimum atomic E-state index is -2.97. The van der Waals surface area contributed by atoms with Crippen LogP contribution in [0.25, 0.3) is 6.08 Å². The van der Waals surface area contributed by atoms with E-state index in [-0.39, 0.29) is 23.4 Å². The lowest BCUT2D eigenvalue weighted by Crippen LogP contribution is -2.43. The fraction of sp³-hybridized carbons (Fsp3) is 0.526. The summed E-state index contributed by atoms with van der Waals surface area (Å²) >= 11 is 0. The highest BCUT2D eigenvalue weighted by Crippen LogP contribution is 2.33. The molecule has 1 aliphatic carbocycles. The van der Waals surface area contributed by atoms with E-state index in [4.69, 9.17) is 4.74 Å². The number of halogens is 2. The maximum atomic E-state index is 12.6. The Balaban J connectivity index is 2.09. The maximum absolute atomic E-state index is 12.6. The van der Waals surface area contributed by atoms with E-state index in [0.29, 0.717) is 17.4 Å². The van der Waals surface area contributed by atoms with Crippen molar-refractivity contribution in [1.82, 2.24) is 5.32 Å². The molecule has 25 heavy (non-hydrogen) atoms. The lowest BCUT2D eigenvalue weighted by molar-refractivity contribution is -0.117. The molecule has 3 atom stereocenters. The van der Waals surface area contributed by atoms with Gasteiger partial charge in [0, 0.05) is 17.7 Å². The summed E-state index contributed by atoms with van der Waals surface area (Å²) in [6, 6.07) is 4.91. The van der Waals surface area contributed by atoms with Crippen LogP contribution in [0, 0.1) is 11.8 Å². The first-order valence-electron chi connectivity index (χ1n) is 8.52. The number of carbonyl (C=O) groups is 1. The predicted octanol–water partition coefficient (Wildman–Crippen LogP) is 4.25. The van der Waals surface area contributed by atoms with Crippen molar-refractivity contribution in [3.8, 4) is 11.5 Å². The second kappa shape index (κ2) is 8.83. The fourth-order valence-electron chi connectivity index (χ4n) is 3.22. The first-order chi connectivity index (χ1) is 11.9. The molecule has 1 aromatic rings. The summed E-state index contributed by atoms with van der Waals surface area (Å²) in [5.41, 5.74) is 0.361. The highest BCUT2D eigenvalue weighted by Gasteiger charge is 2.27. The molecule has 2 rings (SSSR count). The molecule has 0 unspecified atom stereocenters. The van der Waals surface area contributed by atoms with E-state index in [1.165, 1.54) is 31.7 Å². The number of ether oxygens (including phenoxy) is 2. The molecule has 6 heteroatoms. The van der Waals surface area contributed by atoms with E-state index in [2.05, 4.69) is 23.9 Å². The van der Waals surface area contributed by atoms with E-state index < -0.39 is 6.61 Å². The van der Waals surface area contributed by atoms with Crippen molar-refractivity contribution in [3.05, 3.63) is 29.8 Å². The minimum absolute atomic E-state index is 0.0799. The third-order valence-corrected chi connectivity index (χ3v) is 4.88. The van der Waals surface area contributed by atoms with Gasteiger partial charge in [-0.2, -0.15) is 8.78 Å². The molecule has 0 aliphatic heterocycles. The Morgan fingerprint density at radius 2 is 2.08 bits per heavy atom. The largest absolute Gasteiger partial charge is 0.493 e. The van der Waals surface area contributed by atoms with Gasteiger partial charge < -0.3 is 14.8 Å². The molecule has 0 radical (unpaired) electrons. The normalized spacial score (nSPS) is 23.7. The zero-order chi connectivity index (χ0) is 18.4. The molecule has 138 valence electrons. The quantitative estimate of drug-likeness (QED) is 0.778. The summed E-state index contributed by atoms with van der Waals surface area (Å²) in [6.07, 6.45) is 6.06. The number of amides is 1. The SMILES string of the molecule is COc1cccc(/C=C/C(=O)N[C@H]2CCC[C@H](C)[C@@H]2C)c1OC(F)F. The molecule has 1 aromatic carbocycles. The maximum Gasteiger partial charge on any atom is 0.387 e. The fourth-order valence-corrected chi connectivity index (χ4v) is 3.22. The van der Waals surface area contributed by atoms with Gasteiger partial charge in [0.05, 0.1) is 7.11 Å². The molecular weight excluding hydrogens is 328 g/mol. The number of methoxy groups -OCH3 is 1. The predicted molar refractivity (Wildman–Crippen MR) is 92.8 cm³/mol. The van der Waals surface area contributed by atoms with Crippen LogP contribution in [0.15, 0.2) is 24.3 Å². The van der Waals surface area contributed by atoms with Gasteiger partial charge in [-0.25, -0.2) is 0 Å². The van der Waals surface area contributed by atoms with Crippen LogP contribution < -0.4 is 14.8 Å². The van der Waals surface area contributed by atoms with Crippen molar-refractivity contribution in [2.45, 2.75) is 45.8 Å². The number of hydrogen-bond donors (Lipinski definition) is 1. The number of hydrogen-bond acceptors (Lipinski definition) is 3. The van der Waals surface area contributed by atoms with Crippen LogP contribution in [0.1, 0.15) is 38.7 Å². The van der Waals surface area contributed by atoms with Gasteiger partial charge in [0.1, 0.15) is 0 Å². The van der Waals surface area contributed by atoms with Gasteiger partial charge in [0.15, 0.2) is 11.5 Å². The average Bonchev–Trinajstić information content (AvgIpc) is 2.57. The van der Waals surface area contributed by atoms with E-state index in [0.717, 1.165) is 12.8 Å².